The Morgan fingerprint density at radius 3 is 1.96 bits per heavy atom. The van der Waals surface area contributed by atoms with Gasteiger partial charge in [-0.2, -0.15) is 4.98 Å². The Kier molecular flexibility index (Phi) is 5.11. The van der Waals surface area contributed by atoms with Gasteiger partial charge >= 0.3 is 0 Å². The number of phenolic OH excluding ortho intramolecular Hbond substituents is 2. The molecule has 3 aromatic rings. The molecule has 0 aliphatic rings. The van der Waals surface area contributed by atoms with Crippen LogP contribution in [0.2, 0.25) is 0 Å². The third-order valence-electron chi connectivity index (χ3n) is 3.62. The molecule has 0 fully saturated rings. The normalized spacial score (nSPS) is 10.3. The van der Waals surface area contributed by atoms with Gasteiger partial charge in [0.25, 0.3) is 0 Å². The quantitative estimate of drug-likeness (QED) is 0.520. The van der Waals surface area contributed by atoms with Gasteiger partial charge in [0.1, 0.15) is 0 Å². The summed E-state index contributed by atoms with van der Waals surface area (Å²) in [5, 5.41) is 25.3. The maximum absolute atomic E-state index is 14.0. The molecule has 0 atom stereocenters. The number of rotatable bonds is 6. The molecule has 0 saturated heterocycles. The van der Waals surface area contributed by atoms with Gasteiger partial charge in [-0.05, 0) is 24.3 Å². The minimum absolute atomic E-state index is 0.0586. The number of phenols is 2. The van der Waals surface area contributed by atoms with E-state index in [-0.39, 0.29) is 23.3 Å². The first kappa shape index (κ1) is 18.1. The Morgan fingerprint density at radius 1 is 0.889 bits per heavy atom. The standard InChI is InChI=1S/C18H17FN4O4/c1-26-15-5-3-10(7-13(15)24)21-17-12(19)9-20-18(23-17)22-11-4-6-16(27-2)14(25)8-11/h3-9,24-25H,1-2H3,(H2,20,21,22,23). The van der Waals surface area contributed by atoms with Crippen molar-refractivity contribution < 1.29 is 24.1 Å². The predicted octanol–water partition coefficient (Wildman–Crippen LogP) is 3.53. The molecular weight excluding hydrogens is 355 g/mol. The molecule has 0 spiro atoms. The van der Waals surface area contributed by atoms with Gasteiger partial charge in [-0.25, -0.2) is 9.37 Å². The van der Waals surface area contributed by atoms with Crippen LogP contribution in [0.3, 0.4) is 0 Å². The smallest absolute Gasteiger partial charge is 0.229 e. The summed E-state index contributed by atoms with van der Waals surface area (Å²) >= 11 is 0. The third kappa shape index (κ3) is 4.09. The monoisotopic (exact) mass is 372 g/mol. The van der Waals surface area contributed by atoms with Crippen molar-refractivity contribution in [2.75, 3.05) is 24.9 Å². The van der Waals surface area contributed by atoms with Crippen molar-refractivity contribution in [2.24, 2.45) is 0 Å². The van der Waals surface area contributed by atoms with E-state index in [9.17, 15) is 14.6 Å². The number of benzene rings is 2. The second-order valence-corrected chi connectivity index (χ2v) is 5.41. The van der Waals surface area contributed by atoms with Crippen LogP contribution < -0.4 is 20.1 Å². The topological polar surface area (TPSA) is 109 Å². The zero-order chi connectivity index (χ0) is 19.4. The average molecular weight is 372 g/mol. The molecule has 3 rings (SSSR count). The third-order valence-corrected chi connectivity index (χ3v) is 3.62. The number of nitrogens with one attached hydrogen (secondary N) is 2. The van der Waals surface area contributed by atoms with Gasteiger partial charge in [0.2, 0.25) is 5.95 Å². The van der Waals surface area contributed by atoms with Gasteiger partial charge in [0, 0.05) is 23.5 Å². The van der Waals surface area contributed by atoms with Gasteiger partial charge in [-0.15, -0.1) is 0 Å². The molecule has 0 aliphatic carbocycles. The molecule has 0 bridgehead atoms. The molecule has 0 radical (unpaired) electrons. The van der Waals surface area contributed by atoms with E-state index in [1.165, 1.54) is 32.4 Å². The average Bonchev–Trinajstić information content (AvgIpc) is 2.65. The van der Waals surface area contributed by atoms with Crippen LogP contribution in [0.4, 0.5) is 27.5 Å². The van der Waals surface area contributed by atoms with Crippen LogP contribution in [0.1, 0.15) is 0 Å². The lowest BCUT2D eigenvalue weighted by molar-refractivity contribution is 0.373. The molecule has 1 heterocycles. The van der Waals surface area contributed by atoms with Gasteiger partial charge in [0.15, 0.2) is 34.6 Å². The Labute approximate surface area is 154 Å². The first-order valence-electron chi connectivity index (χ1n) is 7.80. The summed E-state index contributed by atoms with van der Waals surface area (Å²) in [6, 6.07) is 9.18. The molecule has 0 unspecified atom stereocenters. The van der Waals surface area contributed by atoms with Crippen molar-refractivity contribution in [2.45, 2.75) is 0 Å². The minimum Gasteiger partial charge on any atom is -0.504 e. The molecular formula is C18H17FN4O4. The number of nitrogens with zero attached hydrogens (tertiary/aromatic N) is 2. The number of ether oxygens (including phenoxy) is 2. The number of hydrogen-bond acceptors (Lipinski definition) is 8. The van der Waals surface area contributed by atoms with E-state index in [0.717, 1.165) is 6.20 Å². The Morgan fingerprint density at radius 2 is 1.44 bits per heavy atom. The number of halogens is 1. The molecule has 1 aromatic heterocycles. The van der Waals surface area contributed by atoms with E-state index in [0.29, 0.717) is 22.9 Å². The highest BCUT2D eigenvalue weighted by Gasteiger charge is 2.10. The van der Waals surface area contributed by atoms with Crippen molar-refractivity contribution in [1.82, 2.24) is 9.97 Å². The molecule has 0 saturated carbocycles. The van der Waals surface area contributed by atoms with Gasteiger partial charge < -0.3 is 30.3 Å². The number of aromatic nitrogens is 2. The Hall–Kier alpha value is -3.75. The Bertz CT molecular complexity index is 968. The molecule has 4 N–H and O–H groups in total. The van der Waals surface area contributed by atoms with E-state index in [2.05, 4.69) is 20.6 Å². The maximum Gasteiger partial charge on any atom is 0.229 e. The summed E-state index contributed by atoms with van der Waals surface area (Å²) in [6.07, 6.45) is 1.00. The fourth-order valence-corrected chi connectivity index (χ4v) is 2.32. The summed E-state index contributed by atoms with van der Waals surface area (Å²) in [5.74, 6) is -0.183. The highest BCUT2D eigenvalue weighted by Crippen LogP contribution is 2.31. The summed E-state index contributed by atoms with van der Waals surface area (Å²) in [5.41, 5.74) is 0.909. The van der Waals surface area contributed by atoms with Crippen LogP contribution in [-0.2, 0) is 0 Å². The predicted molar refractivity (Wildman–Crippen MR) is 97.9 cm³/mol. The van der Waals surface area contributed by atoms with Crippen molar-refractivity contribution in [3.05, 3.63) is 48.4 Å². The van der Waals surface area contributed by atoms with E-state index in [4.69, 9.17) is 9.47 Å². The highest BCUT2D eigenvalue weighted by atomic mass is 19.1. The van der Waals surface area contributed by atoms with Crippen molar-refractivity contribution in [1.29, 1.82) is 0 Å². The van der Waals surface area contributed by atoms with Crippen LogP contribution >= 0.6 is 0 Å². The largest absolute Gasteiger partial charge is 0.504 e. The van der Waals surface area contributed by atoms with Crippen LogP contribution in [-0.4, -0.2) is 34.4 Å². The fourth-order valence-electron chi connectivity index (χ4n) is 2.32. The highest BCUT2D eigenvalue weighted by molar-refractivity contribution is 5.64. The lowest BCUT2D eigenvalue weighted by Crippen LogP contribution is -2.03. The summed E-state index contributed by atoms with van der Waals surface area (Å²) < 4.78 is 24.0. The van der Waals surface area contributed by atoms with Crippen LogP contribution in [0.25, 0.3) is 0 Å². The second-order valence-electron chi connectivity index (χ2n) is 5.41. The molecule has 9 heteroatoms. The van der Waals surface area contributed by atoms with E-state index < -0.39 is 5.82 Å². The number of hydrogen-bond donors (Lipinski definition) is 4. The van der Waals surface area contributed by atoms with Gasteiger partial charge in [-0.1, -0.05) is 0 Å². The minimum atomic E-state index is -0.673. The van der Waals surface area contributed by atoms with Crippen LogP contribution in [0.15, 0.2) is 42.6 Å². The fraction of sp³-hybridized carbons (Fsp3) is 0.111. The van der Waals surface area contributed by atoms with E-state index in [1.54, 1.807) is 18.2 Å². The van der Waals surface area contributed by atoms with Crippen molar-refractivity contribution in [3.8, 4) is 23.0 Å². The van der Waals surface area contributed by atoms with Gasteiger partial charge in [0.05, 0.1) is 20.4 Å². The first-order valence-corrected chi connectivity index (χ1v) is 7.80. The van der Waals surface area contributed by atoms with E-state index >= 15 is 0 Å². The second kappa shape index (κ2) is 7.65. The molecule has 0 amide bonds. The summed E-state index contributed by atoms with van der Waals surface area (Å²) in [7, 11) is 2.88. The summed E-state index contributed by atoms with van der Waals surface area (Å²) in [4.78, 5) is 7.95. The SMILES string of the molecule is COc1ccc(Nc2ncc(F)c(Nc3ccc(OC)c(O)c3)n2)cc1O. The Balaban J connectivity index is 1.82. The molecule has 2 aromatic carbocycles. The van der Waals surface area contributed by atoms with Crippen molar-refractivity contribution >= 4 is 23.1 Å². The molecule has 8 nitrogen and oxygen atoms in total. The first-order chi connectivity index (χ1) is 13.0. The van der Waals surface area contributed by atoms with E-state index in [1.807, 2.05) is 0 Å². The van der Waals surface area contributed by atoms with Crippen LogP contribution in [0, 0.1) is 5.82 Å². The molecule has 27 heavy (non-hydrogen) atoms. The van der Waals surface area contributed by atoms with Gasteiger partial charge in [-0.3, -0.25) is 0 Å². The number of aromatic hydroxyl groups is 2. The zero-order valence-corrected chi connectivity index (χ0v) is 14.5. The molecule has 140 valence electrons. The summed E-state index contributed by atoms with van der Waals surface area (Å²) in [6.45, 7) is 0. The maximum atomic E-state index is 14.0. The number of anilines is 4. The van der Waals surface area contributed by atoms with Crippen molar-refractivity contribution in [3.63, 3.8) is 0 Å². The lowest BCUT2D eigenvalue weighted by Gasteiger charge is -2.11. The van der Waals surface area contributed by atoms with Crippen LogP contribution in [0.5, 0.6) is 23.0 Å². The zero-order valence-electron chi connectivity index (χ0n) is 14.5. The number of methoxy groups -OCH3 is 2. The lowest BCUT2D eigenvalue weighted by atomic mass is 10.2. The molecule has 0 aliphatic heterocycles.